The number of nitrogens with zero attached hydrogens (tertiary/aromatic N) is 3. The molecule has 4 fully saturated rings. The van der Waals surface area contributed by atoms with Gasteiger partial charge in [0.15, 0.2) is 0 Å². The molecule has 1 aromatic carbocycles. The second-order valence-corrected chi connectivity index (χ2v) is 8.62. The molecule has 0 saturated heterocycles. The summed E-state index contributed by atoms with van der Waals surface area (Å²) in [5.74, 6) is 2.72. The molecule has 1 heterocycles. The van der Waals surface area contributed by atoms with Crippen molar-refractivity contribution in [2.45, 2.75) is 44.1 Å². The number of nitrogens with one attached hydrogen (secondary N) is 3. The normalized spacial score (nSPS) is 30.1. The maximum atomic E-state index is 11.9. The summed E-state index contributed by atoms with van der Waals surface area (Å²) in [6, 6.07) is 9.42. The molecule has 1 aromatic heterocycles. The minimum Gasteiger partial charge on any atom is -0.359 e. The van der Waals surface area contributed by atoms with Crippen LogP contribution in [0.25, 0.3) is 0 Å². The monoisotopic (exact) mass is 380 g/mol. The van der Waals surface area contributed by atoms with Crippen LogP contribution >= 0.6 is 0 Å². The standard InChI is InChI=1S/C20H24N6O2/c27-26(28)17-18(21-12-22-19(17)25-24-16-4-2-1-3-5-16)23-20-9-13-6-14(10-20)8-15(7-13)11-20/h1-5,12-15,24H,6-11H2,(H2,21,22,23,25). The van der Waals surface area contributed by atoms with E-state index in [-0.39, 0.29) is 17.0 Å². The van der Waals surface area contributed by atoms with Gasteiger partial charge in [-0.1, -0.05) is 18.2 Å². The van der Waals surface area contributed by atoms with Crippen LogP contribution in [-0.2, 0) is 0 Å². The zero-order chi connectivity index (χ0) is 19.1. The first kappa shape index (κ1) is 17.2. The highest BCUT2D eigenvalue weighted by atomic mass is 16.6. The highest BCUT2D eigenvalue weighted by Crippen LogP contribution is 2.56. The number of hydrogen-bond donors (Lipinski definition) is 3. The van der Waals surface area contributed by atoms with Gasteiger partial charge in [-0.2, -0.15) is 0 Å². The Morgan fingerprint density at radius 2 is 1.54 bits per heavy atom. The predicted molar refractivity (Wildman–Crippen MR) is 107 cm³/mol. The highest BCUT2D eigenvalue weighted by molar-refractivity contribution is 5.71. The van der Waals surface area contributed by atoms with Crippen LogP contribution in [0.15, 0.2) is 36.7 Å². The van der Waals surface area contributed by atoms with E-state index in [2.05, 4.69) is 26.1 Å². The first-order valence-corrected chi connectivity index (χ1v) is 9.95. The van der Waals surface area contributed by atoms with Crippen molar-refractivity contribution in [3.8, 4) is 0 Å². The van der Waals surface area contributed by atoms with E-state index in [9.17, 15) is 10.1 Å². The molecule has 28 heavy (non-hydrogen) atoms. The van der Waals surface area contributed by atoms with Crippen LogP contribution in [0, 0.1) is 27.9 Å². The average Bonchev–Trinajstić information content (AvgIpc) is 2.65. The second kappa shape index (κ2) is 6.61. The molecule has 2 aromatic rings. The van der Waals surface area contributed by atoms with Crippen LogP contribution < -0.4 is 16.2 Å². The molecular weight excluding hydrogens is 356 g/mol. The Labute approximate surface area is 163 Å². The Kier molecular flexibility index (Phi) is 4.07. The fraction of sp³-hybridized carbons (Fsp3) is 0.500. The number of aromatic nitrogens is 2. The van der Waals surface area contributed by atoms with Crippen molar-refractivity contribution in [3.63, 3.8) is 0 Å². The van der Waals surface area contributed by atoms with E-state index < -0.39 is 4.92 Å². The van der Waals surface area contributed by atoms with Gasteiger partial charge in [0.1, 0.15) is 6.33 Å². The van der Waals surface area contributed by atoms with Gasteiger partial charge in [0.05, 0.1) is 10.6 Å². The van der Waals surface area contributed by atoms with Crippen molar-refractivity contribution >= 4 is 23.0 Å². The van der Waals surface area contributed by atoms with E-state index in [1.165, 1.54) is 25.6 Å². The van der Waals surface area contributed by atoms with E-state index in [1.807, 2.05) is 30.3 Å². The summed E-state index contributed by atoms with van der Waals surface area (Å²) >= 11 is 0. The van der Waals surface area contributed by atoms with Crippen LogP contribution in [0.3, 0.4) is 0 Å². The van der Waals surface area contributed by atoms with Crippen molar-refractivity contribution in [1.82, 2.24) is 9.97 Å². The Morgan fingerprint density at radius 3 is 2.14 bits per heavy atom. The molecule has 146 valence electrons. The third kappa shape index (κ3) is 3.12. The fourth-order valence-electron chi connectivity index (χ4n) is 5.90. The van der Waals surface area contributed by atoms with Crippen LogP contribution in [0.1, 0.15) is 38.5 Å². The molecular formula is C20H24N6O2. The number of nitro groups is 1. The largest absolute Gasteiger partial charge is 0.359 e. The minimum absolute atomic E-state index is 0.0575. The van der Waals surface area contributed by atoms with Crippen molar-refractivity contribution in [2.24, 2.45) is 17.8 Å². The van der Waals surface area contributed by atoms with Gasteiger partial charge in [-0.3, -0.25) is 21.0 Å². The summed E-state index contributed by atoms with van der Waals surface area (Å²) in [5, 5.41) is 15.4. The average molecular weight is 380 g/mol. The molecule has 0 aliphatic heterocycles. The summed E-state index contributed by atoms with van der Waals surface area (Å²) in [5.41, 5.74) is 6.48. The molecule has 3 N–H and O–H groups in total. The van der Waals surface area contributed by atoms with Gasteiger partial charge in [0.2, 0.25) is 11.6 Å². The van der Waals surface area contributed by atoms with Crippen molar-refractivity contribution in [1.29, 1.82) is 0 Å². The third-order valence-electron chi connectivity index (χ3n) is 6.53. The lowest BCUT2D eigenvalue weighted by atomic mass is 9.53. The van der Waals surface area contributed by atoms with Gasteiger partial charge < -0.3 is 5.32 Å². The molecule has 4 aliphatic rings. The topological polar surface area (TPSA) is 105 Å². The Morgan fingerprint density at radius 1 is 0.929 bits per heavy atom. The first-order chi connectivity index (χ1) is 13.6. The number of hydrazine groups is 1. The Hall–Kier alpha value is -2.90. The quantitative estimate of drug-likeness (QED) is 0.509. The van der Waals surface area contributed by atoms with Crippen LogP contribution in [0.4, 0.5) is 23.0 Å². The summed E-state index contributed by atoms with van der Waals surface area (Å²) in [4.78, 5) is 19.8. The molecule has 4 saturated carbocycles. The lowest BCUT2D eigenvalue weighted by molar-refractivity contribution is -0.383. The molecule has 4 bridgehead atoms. The minimum atomic E-state index is -0.405. The smallest absolute Gasteiger partial charge is 0.354 e. The molecule has 8 heteroatoms. The van der Waals surface area contributed by atoms with Gasteiger partial charge in [-0.05, 0) is 68.4 Å². The molecule has 0 atom stereocenters. The Balaban J connectivity index is 1.41. The van der Waals surface area contributed by atoms with E-state index >= 15 is 0 Å². The lowest BCUT2D eigenvalue weighted by Gasteiger charge is -2.57. The summed E-state index contributed by atoms with van der Waals surface area (Å²) in [6.07, 6.45) is 8.61. The molecule has 0 amide bonds. The molecule has 0 unspecified atom stereocenters. The van der Waals surface area contributed by atoms with Crippen LogP contribution in [0.2, 0.25) is 0 Å². The van der Waals surface area contributed by atoms with E-state index in [4.69, 9.17) is 0 Å². The van der Waals surface area contributed by atoms with Gasteiger partial charge in [0.25, 0.3) is 0 Å². The third-order valence-corrected chi connectivity index (χ3v) is 6.53. The fourth-order valence-corrected chi connectivity index (χ4v) is 5.90. The van der Waals surface area contributed by atoms with Gasteiger partial charge in [-0.15, -0.1) is 0 Å². The molecule has 0 radical (unpaired) electrons. The van der Waals surface area contributed by atoms with Gasteiger partial charge in [-0.25, -0.2) is 9.97 Å². The highest BCUT2D eigenvalue weighted by Gasteiger charge is 2.51. The lowest BCUT2D eigenvalue weighted by Crippen LogP contribution is -2.55. The number of anilines is 3. The zero-order valence-corrected chi connectivity index (χ0v) is 15.6. The summed E-state index contributed by atoms with van der Waals surface area (Å²) in [7, 11) is 0. The van der Waals surface area contributed by atoms with Crippen molar-refractivity contribution < 1.29 is 4.92 Å². The summed E-state index contributed by atoms with van der Waals surface area (Å²) in [6.45, 7) is 0. The maximum Gasteiger partial charge on any atom is 0.354 e. The molecule has 0 spiro atoms. The van der Waals surface area contributed by atoms with Crippen molar-refractivity contribution in [3.05, 3.63) is 46.8 Å². The van der Waals surface area contributed by atoms with Gasteiger partial charge >= 0.3 is 5.69 Å². The molecule has 4 aliphatic carbocycles. The molecule has 8 nitrogen and oxygen atoms in total. The first-order valence-electron chi connectivity index (χ1n) is 9.95. The zero-order valence-electron chi connectivity index (χ0n) is 15.6. The number of hydrogen-bond acceptors (Lipinski definition) is 7. The van der Waals surface area contributed by atoms with Crippen LogP contribution in [-0.4, -0.2) is 20.4 Å². The SMILES string of the molecule is O=[N+]([O-])c1c(NNc2ccccc2)ncnc1NC12CC3CC(CC(C3)C1)C2. The predicted octanol–water partition coefficient (Wildman–Crippen LogP) is 4.20. The maximum absolute atomic E-state index is 11.9. The van der Waals surface area contributed by atoms with Crippen molar-refractivity contribution in [2.75, 3.05) is 16.2 Å². The number of para-hydroxylation sites is 1. The Bertz CT molecular complexity index is 852. The van der Waals surface area contributed by atoms with Crippen LogP contribution in [0.5, 0.6) is 0 Å². The number of benzene rings is 1. The molecule has 6 rings (SSSR count). The number of rotatable bonds is 6. The summed E-state index contributed by atoms with van der Waals surface area (Å²) < 4.78 is 0. The van der Waals surface area contributed by atoms with Gasteiger partial charge in [0, 0.05) is 5.54 Å². The van der Waals surface area contributed by atoms with E-state index in [0.717, 1.165) is 42.7 Å². The van der Waals surface area contributed by atoms with E-state index in [1.54, 1.807) is 0 Å². The van der Waals surface area contributed by atoms with E-state index in [0.29, 0.717) is 5.82 Å². The second-order valence-electron chi connectivity index (χ2n) is 8.62.